The lowest BCUT2D eigenvalue weighted by molar-refractivity contribution is -0.421. The molecule has 0 amide bonds. The maximum Gasteiger partial charge on any atom is 0.272 e. The van der Waals surface area contributed by atoms with E-state index in [1.54, 1.807) is 0 Å². The zero-order valence-corrected chi connectivity index (χ0v) is 4.05. The standard InChI is InChI=1S/C4H4N2O2/c7-6(8)4-1-2-5-3-4/h3,5H,2H2. The zero-order chi connectivity index (χ0) is 5.98. The van der Waals surface area contributed by atoms with Crippen LogP contribution in [0, 0.1) is 16.5 Å². The molecular weight excluding hydrogens is 108 g/mol. The van der Waals surface area contributed by atoms with Crippen molar-refractivity contribution >= 4 is 0 Å². The number of nitrogens with zero attached hydrogens (tertiary/aromatic N) is 1. The van der Waals surface area contributed by atoms with Crippen LogP contribution in [-0.4, -0.2) is 11.5 Å². The molecule has 0 saturated carbocycles. The molecule has 8 heavy (non-hydrogen) atoms. The van der Waals surface area contributed by atoms with E-state index in [0.717, 1.165) is 0 Å². The van der Waals surface area contributed by atoms with Crippen molar-refractivity contribution in [3.05, 3.63) is 28.4 Å². The van der Waals surface area contributed by atoms with Gasteiger partial charge in [0.2, 0.25) is 0 Å². The largest absolute Gasteiger partial charge is 0.384 e. The highest BCUT2D eigenvalue weighted by molar-refractivity contribution is 5.10. The molecule has 0 aliphatic carbocycles. The van der Waals surface area contributed by atoms with Crippen LogP contribution in [-0.2, 0) is 0 Å². The predicted octanol–water partition coefficient (Wildman–Crippen LogP) is -0.211. The van der Waals surface area contributed by atoms with Gasteiger partial charge in [0.05, 0.1) is 11.1 Å². The molecule has 0 atom stereocenters. The Labute approximate surface area is 46.3 Å². The minimum Gasteiger partial charge on any atom is -0.384 e. The van der Waals surface area contributed by atoms with Crippen molar-refractivity contribution in [2.24, 2.45) is 0 Å². The molecule has 0 aromatic heterocycles. The van der Waals surface area contributed by atoms with Gasteiger partial charge in [-0.15, -0.1) is 0 Å². The van der Waals surface area contributed by atoms with E-state index >= 15 is 0 Å². The molecular formula is C4H4N2O2. The van der Waals surface area contributed by atoms with Gasteiger partial charge in [-0.25, -0.2) is 0 Å². The summed E-state index contributed by atoms with van der Waals surface area (Å²) in [6.45, 7) is 0.455. The Morgan fingerprint density at radius 2 is 2.75 bits per heavy atom. The first kappa shape index (κ1) is 5.08. The molecule has 1 N–H and O–H groups in total. The molecule has 0 unspecified atom stereocenters. The lowest BCUT2D eigenvalue weighted by Gasteiger charge is -1.81. The van der Waals surface area contributed by atoms with Crippen molar-refractivity contribution in [2.75, 3.05) is 6.54 Å². The highest BCUT2D eigenvalue weighted by atomic mass is 16.6. The summed E-state index contributed by atoms with van der Waals surface area (Å²) < 4.78 is 0. The summed E-state index contributed by atoms with van der Waals surface area (Å²) in [6.07, 6.45) is 3.84. The van der Waals surface area contributed by atoms with Crippen molar-refractivity contribution in [2.45, 2.75) is 0 Å². The Morgan fingerprint density at radius 3 is 3.00 bits per heavy atom. The molecule has 2 radical (unpaired) electrons. The summed E-state index contributed by atoms with van der Waals surface area (Å²) in [5.41, 5.74) is 0.0324. The van der Waals surface area contributed by atoms with E-state index < -0.39 is 4.92 Å². The van der Waals surface area contributed by atoms with E-state index in [9.17, 15) is 10.1 Å². The molecule has 4 heteroatoms. The fourth-order valence-corrected chi connectivity index (χ4v) is 0.458. The predicted molar refractivity (Wildman–Crippen MR) is 26.3 cm³/mol. The smallest absolute Gasteiger partial charge is 0.272 e. The van der Waals surface area contributed by atoms with E-state index in [0.29, 0.717) is 6.54 Å². The van der Waals surface area contributed by atoms with Crippen molar-refractivity contribution in [1.82, 2.24) is 5.32 Å². The van der Waals surface area contributed by atoms with E-state index in [2.05, 4.69) is 11.7 Å². The van der Waals surface area contributed by atoms with Crippen LogP contribution in [0.2, 0.25) is 0 Å². The van der Waals surface area contributed by atoms with E-state index in [1.807, 2.05) is 0 Å². The third kappa shape index (κ3) is 0.776. The van der Waals surface area contributed by atoms with Gasteiger partial charge < -0.3 is 5.32 Å². The summed E-state index contributed by atoms with van der Waals surface area (Å²) in [4.78, 5) is 9.36. The molecule has 0 saturated heterocycles. The average Bonchev–Trinajstić information content (AvgIpc) is 2.12. The fourth-order valence-electron chi connectivity index (χ4n) is 0.458. The van der Waals surface area contributed by atoms with Crippen LogP contribution in [0.5, 0.6) is 0 Å². The molecule has 42 valence electrons. The summed E-state index contributed by atoms with van der Waals surface area (Å²) >= 11 is 0. The molecule has 0 fully saturated rings. The number of nitro groups is 1. The van der Waals surface area contributed by atoms with Crippen LogP contribution < -0.4 is 5.32 Å². The monoisotopic (exact) mass is 112 g/mol. The second-order valence-electron chi connectivity index (χ2n) is 1.34. The first-order valence-electron chi connectivity index (χ1n) is 2.12. The molecule has 1 aliphatic rings. The van der Waals surface area contributed by atoms with Crippen LogP contribution >= 0.6 is 0 Å². The summed E-state index contributed by atoms with van der Waals surface area (Å²) in [5.74, 6) is 0. The number of rotatable bonds is 1. The number of hydrogen-bond donors (Lipinski definition) is 1. The molecule has 0 aromatic carbocycles. The number of nitrogens with one attached hydrogen (secondary N) is 1. The Morgan fingerprint density at radius 1 is 2.00 bits per heavy atom. The van der Waals surface area contributed by atoms with Gasteiger partial charge in [-0.2, -0.15) is 0 Å². The van der Waals surface area contributed by atoms with Gasteiger partial charge in [0.1, 0.15) is 6.42 Å². The van der Waals surface area contributed by atoms with Gasteiger partial charge in [0.15, 0.2) is 0 Å². The van der Waals surface area contributed by atoms with Crippen LogP contribution in [0.15, 0.2) is 11.9 Å². The normalized spacial score (nSPS) is 17.2. The van der Waals surface area contributed by atoms with Crippen LogP contribution in [0.25, 0.3) is 0 Å². The van der Waals surface area contributed by atoms with Gasteiger partial charge in [-0.05, 0) is 0 Å². The molecule has 1 aliphatic heterocycles. The zero-order valence-electron chi connectivity index (χ0n) is 4.05. The minimum atomic E-state index is -0.472. The maximum atomic E-state index is 9.84. The van der Waals surface area contributed by atoms with Gasteiger partial charge in [-0.3, -0.25) is 10.1 Å². The van der Waals surface area contributed by atoms with Crippen molar-refractivity contribution < 1.29 is 4.92 Å². The molecule has 1 heterocycles. The molecule has 0 aromatic rings. The third-order valence-electron chi connectivity index (χ3n) is 0.807. The molecule has 1 rings (SSSR count). The Balaban J connectivity index is 2.57. The second kappa shape index (κ2) is 1.81. The van der Waals surface area contributed by atoms with Gasteiger partial charge in [0.25, 0.3) is 5.70 Å². The van der Waals surface area contributed by atoms with Crippen molar-refractivity contribution in [3.8, 4) is 0 Å². The highest BCUT2D eigenvalue weighted by Crippen LogP contribution is 2.02. The fraction of sp³-hybridized carbons (Fsp3) is 0.250. The Hall–Kier alpha value is -1.06. The lowest BCUT2D eigenvalue weighted by Crippen LogP contribution is -1.98. The van der Waals surface area contributed by atoms with E-state index in [4.69, 9.17) is 0 Å². The second-order valence-corrected chi connectivity index (χ2v) is 1.34. The highest BCUT2D eigenvalue weighted by Gasteiger charge is 2.14. The van der Waals surface area contributed by atoms with Gasteiger partial charge in [-0.1, -0.05) is 0 Å². The number of hydrogen-bond acceptors (Lipinski definition) is 3. The first-order chi connectivity index (χ1) is 3.80. The Kier molecular flexibility index (Phi) is 1.15. The van der Waals surface area contributed by atoms with Crippen LogP contribution in [0.4, 0.5) is 0 Å². The lowest BCUT2D eigenvalue weighted by atomic mass is 10.4. The van der Waals surface area contributed by atoms with Crippen LogP contribution in [0.1, 0.15) is 0 Å². The minimum absolute atomic E-state index is 0.0324. The first-order valence-corrected chi connectivity index (χ1v) is 2.12. The summed E-state index contributed by atoms with van der Waals surface area (Å²) in [5, 5.41) is 12.5. The van der Waals surface area contributed by atoms with E-state index in [1.165, 1.54) is 6.20 Å². The molecule has 0 spiro atoms. The molecule has 4 nitrogen and oxygen atoms in total. The average molecular weight is 112 g/mol. The maximum absolute atomic E-state index is 9.84. The van der Waals surface area contributed by atoms with Crippen molar-refractivity contribution in [1.29, 1.82) is 0 Å². The SMILES string of the molecule is O=[N+]([O-])C1=CNC[C]1. The molecule has 0 bridgehead atoms. The summed E-state index contributed by atoms with van der Waals surface area (Å²) in [6, 6.07) is 0. The van der Waals surface area contributed by atoms with Crippen molar-refractivity contribution in [3.63, 3.8) is 0 Å². The topological polar surface area (TPSA) is 55.2 Å². The van der Waals surface area contributed by atoms with Gasteiger partial charge >= 0.3 is 0 Å². The quantitative estimate of drug-likeness (QED) is 0.377. The van der Waals surface area contributed by atoms with Gasteiger partial charge in [0, 0.05) is 6.54 Å². The Bertz CT molecular complexity index is 141. The summed E-state index contributed by atoms with van der Waals surface area (Å²) in [7, 11) is 0. The van der Waals surface area contributed by atoms with Crippen LogP contribution in [0.3, 0.4) is 0 Å². The van der Waals surface area contributed by atoms with E-state index in [-0.39, 0.29) is 5.70 Å². The third-order valence-corrected chi connectivity index (χ3v) is 0.807.